The van der Waals surface area contributed by atoms with Gasteiger partial charge >= 0.3 is 0 Å². The molecule has 1 aliphatic heterocycles. The molecule has 4 heteroatoms. The minimum atomic E-state index is -0.245. The summed E-state index contributed by atoms with van der Waals surface area (Å²) in [6.45, 7) is 2.34. The van der Waals surface area contributed by atoms with Crippen LogP contribution in [0.1, 0.15) is 42.5 Å². The molecule has 0 atom stereocenters. The lowest BCUT2D eigenvalue weighted by Gasteiger charge is -2.14. The fourth-order valence-electron chi connectivity index (χ4n) is 3.25. The second kappa shape index (κ2) is 6.95. The fourth-order valence-corrected chi connectivity index (χ4v) is 3.25. The lowest BCUT2D eigenvalue weighted by Crippen LogP contribution is -2.27. The fraction of sp³-hybridized carbons (Fsp3) is 0.500. The van der Waals surface area contributed by atoms with E-state index >= 15 is 0 Å². The summed E-state index contributed by atoms with van der Waals surface area (Å²) in [5, 5.41) is 1.03. The van der Waals surface area contributed by atoms with Gasteiger partial charge in [-0.2, -0.15) is 0 Å². The van der Waals surface area contributed by atoms with E-state index < -0.39 is 0 Å². The summed E-state index contributed by atoms with van der Waals surface area (Å²) in [6, 6.07) is 8.07. The Balaban J connectivity index is 1.85. The van der Waals surface area contributed by atoms with E-state index in [-0.39, 0.29) is 12.6 Å². The number of carbonyl (C=O) groups excluding carboxylic acids is 1. The summed E-state index contributed by atoms with van der Waals surface area (Å²) in [4.78, 5) is 14.7. The van der Waals surface area contributed by atoms with Crippen LogP contribution >= 0.6 is 0 Å². The maximum absolute atomic E-state index is 12.7. The first-order valence-electron chi connectivity index (χ1n) is 8.24. The summed E-state index contributed by atoms with van der Waals surface area (Å²) < 4.78 is 14.3. The van der Waals surface area contributed by atoms with Crippen LogP contribution in [-0.4, -0.2) is 35.1 Å². The third-order valence-corrected chi connectivity index (χ3v) is 4.44. The Morgan fingerprint density at radius 3 is 2.64 bits per heavy atom. The van der Waals surface area contributed by atoms with E-state index in [0.717, 1.165) is 61.8 Å². The Kier molecular flexibility index (Phi) is 4.76. The number of unbranched alkanes of at least 4 members (excludes halogenated alkanes) is 2. The molecule has 118 valence electrons. The highest BCUT2D eigenvalue weighted by molar-refractivity contribution is 6.07. The zero-order valence-electron chi connectivity index (χ0n) is 12.9. The Hall–Kier alpha value is -1.84. The minimum Gasteiger partial charge on any atom is -0.347 e. The van der Waals surface area contributed by atoms with E-state index in [4.69, 9.17) is 0 Å². The van der Waals surface area contributed by atoms with Gasteiger partial charge in [0.15, 0.2) is 0 Å². The summed E-state index contributed by atoms with van der Waals surface area (Å²) in [7, 11) is 0. The number of amides is 1. The number of likely N-dealkylation sites (tertiary alicyclic amines) is 1. The van der Waals surface area contributed by atoms with Crippen molar-refractivity contribution in [3.8, 4) is 0 Å². The molecule has 1 aromatic carbocycles. The predicted octanol–water partition coefficient (Wildman–Crippen LogP) is 4.02. The monoisotopic (exact) mass is 302 g/mol. The van der Waals surface area contributed by atoms with Crippen LogP contribution in [0.3, 0.4) is 0 Å². The Bertz CT molecular complexity index is 644. The molecular weight excluding hydrogens is 279 g/mol. The summed E-state index contributed by atoms with van der Waals surface area (Å²) in [5.74, 6) is 0.149. The molecule has 0 bridgehead atoms. The van der Waals surface area contributed by atoms with Crippen LogP contribution in [0.5, 0.6) is 0 Å². The van der Waals surface area contributed by atoms with Gasteiger partial charge < -0.3 is 9.47 Å². The molecule has 0 unspecified atom stereocenters. The van der Waals surface area contributed by atoms with Crippen LogP contribution in [0.15, 0.2) is 30.5 Å². The number of rotatable bonds is 6. The number of hydrogen-bond donors (Lipinski definition) is 0. The molecular formula is C18H23FN2O. The van der Waals surface area contributed by atoms with E-state index in [9.17, 15) is 9.18 Å². The van der Waals surface area contributed by atoms with Crippen molar-refractivity contribution in [1.29, 1.82) is 0 Å². The van der Waals surface area contributed by atoms with Crippen molar-refractivity contribution in [1.82, 2.24) is 9.47 Å². The van der Waals surface area contributed by atoms with Gasteiger partial charge in [-0.1, -0.05) is 18.2 Å². The van der Waals surface area contributed by atoms with Crippen molar-refractivity contribution in [2.24, 2.45) is 0 Å². The molecule has 0 radical (unpaired) electrons. The molecule has 0 spiro atoms. The van der Waals surface area contributed by atoms with Gasteiger partial charge in [-0.15, -0.1) is 0 Å². The van der Waals surface area contributed by atoms with Crippen molar-refractivity contribution in [2.75, 3.05) is 19.8 Å². The molecule has 0 saturated carbocycles. The van der Waals surface area contributed by atoms with E-state index in [2.05, 4.69) is 10.6 Å². The molecule has 1 saturated heterocycles. The van der Waals surface area contributed by atoms with Crippen molar-refractivity contribution in [2.45, 2.75) is 38.6 Å². The molecule has 2 aromatic rings. The number of halogens is 1. The van der Waals surface area contributed by atoms with E-state index in [1.807, 2.05) is 29.3 Å². The predicted molar refractivity (Wildman–Crippen MR) is 86.9 cm³/mol. The molecule has 0 N–H and O–H groups in total. The van der Waals surface area contributed by atoms with Crippen molar-refractivity contribution >= 4 is 16.8 Å². The standard InChI is InChI=1S/C18H23FN2O/c19-10-4-1-5-13-21-14-16(15-8-2-3-9-17(15)21)18(22)20-11-6-7-12-20/h2-3,8-9,14H,1,4-7,10-13H2. The van der Waals surface area contributed by atoms with Gasteiger partial charge in [0.2, 0.25) is 0 Å². The summed E-state index contributed by atoms with van der Waals surface area (Å²) in [5.41, 5.74) is 1.91. The number of aromatic nitrogens is 1. The lowest BCUT2D eigenvalue weighted by atomic mass is 10.1. The summed E-state index contributed by atoms with van der Waals surface area (Å²) >= 11 is 0. The average Bonchev–Trinajstić information content (AvgIpc) is 3.19. The molecule has 3 nitrogen and oxygen atoms in total. The number of nitrogens with zero attached hydrogens (tertiary/aromatic N) is 2. The zero-order chi connectivity index (χ0) is 15.4. The topological polar surface area (TPSA) is 25.2 Å². The maximum atomic E-state index is 12.7. The number of hydrogen-bond acceptors (Lipinski definition) is 1. The lowest BCUT2D eigenvalue weighted by molar-refractivity contribution is 0.0794. The molecule has 2 heterocycles. The number of benzene rings is 1. The second-order valence-corrected chi connectivity index (χ2v) is 6.00. The van der Waals surface area contributed by atoms with E-state index in [1.165, 1.54) is 0 Å². The van der Waals surface area contributed by atoms with Crippen molar-refractivity contribution < 1.29 is 9.18 Å². The van der Waals surface area contributed by atoms with Crippen LogP contribution in [0.2, 0.25) is 0 Å². The number of aryl methyl sites for hydroxylation is 1. The Morgan fingerprint density at radius 2 is 1.86 bits per heavy atom. The number of alkyl halides is 1. The average molecular weight is 302 g/mol. The van der Waals surface area contributed by atoms with Crippen molar-refractivity contribution in [3.05, 3.63) is 36.0 Å². The second-order valence-electron chi connectivity index (χ2n) is 6.00. The maximum Gasteiger partial charge on any atom is 0.256 e. The van der Waals surface area contributed by atoms with Gasteiger partial charge in [0.1, 0.15) is 0 Å². The third kappa shape index (κ3) is 3.01. The number of carbonyl (C=O) groups is 1. The van der Waals surface area contributed by atoms with Crippen molar-refractivity contribution in [3.63, 3.8) is 0 Å². The molecule has 1 amide bonds. The van der Waals surface area contributed by atoms with Crippen LogP contribution in [0.25, 0.3) is 10.9 Å². The molecule has 3 rings (SSSR count). The molecule has 1 aliphatic rings. The quantitative estimate of drug-likeness (QED) is 0.740. The Labute approximate surface area is 130 Å². The zero-order valence-corrected chi connectivity index (χ0v) is 12.9. The van der Waals surface area contributed by atoms with Crippen LogP contribution in [0, 0.1) is 0 Å². The van der Waals surface area contributed by atoms with E-state index in [0.29, 0.717) is 6.42 Å². The highest BCUT2D eigenvalue weighted by atomic mass is 19.1. The first-order valence-corrected chi connectivity index (χ1v) is 8.24. The van der Waals surface area contributed by atoms with Gasteiger partial charge in [0, 0.05) is 36.7 Å². The molecule has 22 heavy (non-hydrogen) atoms. The van der Waals surface area contributed by atoms with E-state index in [1.54, 1.807) is 0 Å². The highest BCUT2D eigenvalue weighted by Crippen LogP contribution is 2.24. The van der Waals surface area contributed by atoms with Crippen LogP contribution < -0.4 is 0 Å². The smallest absolute Gasteiger partial charge is 0.256 e. The highest BCUT2D eigenvalue weighted by Gasteiger charge is 2.22. The largest absolute Gasteiger partial charge is 0.347 e. The number of fused-ring (bicyclic) bond motifs is 1. The molecule has 1 fully saturated rings. The Morgan fingerprint density at radius 1 is 1.09 bits per heavy atom. The first-order chi connectivity index (χ1) is 10.8. The SMILES string of the molecule is O=C(c1cn(CCCCCF)c2ccccc12)N1CCCC1. The summed E-state index contributed by atoms with van der Waals surface area (Å²) in [6.07, 6.45) is 6.65. The van der Waals surface area contributed by atoms with Crippen LogP contribution in [0.4, 0.5) is 4.39 Å². The molecule has 0 aliphatic carbocycles. The van der Waals surface area contributed by atoms with Gasteiger partial charge in [-0.25, -0.2) is 0 Å². The van der Waals surface area contributed by atoms with Gasteiger partial charge in [0.25, 0.3) is 5.91 Å². The first kappa shape index (κ1) is 15.1. The molecule has 1 aromatic heterocycles. The van der Waals surface area contributed by atoms with Gasteiger partial charge in [-0.05, 0) is 38.2 Å². The van der Waals surface area contributed by atoms with Gasteiger partial charge in [0.05, 0.1) is 12.2 Å². The minimum absolute atomic E-state index is 0.149. The third-order valence-electron chi connectivity index (χ3n) is 4.44. The van der Waals surface area contributed by atoms with Crippen LogP contribution in [-0.2, 0) is 6.54 Å². The number of para-hydroxylation sites is 1. The van der Waals surface area contributed by atoms with Gasteiger partial charge in [-0.3, -0.25) is 9.18 Å². The normalized spacial score (nSPS) is 14.9.